The topological polar surface area (TPSA) is 0 Å². The molecule has 0 aromatic heterocycles. The Bertz CT molecular complexity index is 172. The Balaban J connectivity index is 3.96. The van der Waals surface area contributed by atoms with Crippen LogP contribution in [0.2, 0.25) is 0 Å². The van der Waals surface area contributed by atoms with E-state index in [1.54, 1.807) is 0 Å². The van der Waals surface area contributed by atoms with Crippen LogP contribution in [0.15, 0.2) is 23.8 Å². The van der Waals surface area contributed by atoms with Gasteiger partial charge in [0.05, 0.1) is 0 Å². The van der Waals surface area contributed by atoms with Crippen LogP contribution in [0.25, 0.3) is 0 Å². The average Bonchev–Trinajstić information content (AvgIpc) is 2.13. The molecule has 0 aliphatic carbocycles. The Morgan fingerprint density at radius 3 is 2.43 bits per heavy atom. The van der Waals surface area contributed by atoms with Crippen LogP contribution < -0.4 is 0 Å². The molecule has 0 nitrogen and oxygen atoms in total. The largest absolute Gasteiger partial charge is 0.0840 e. The maximum absolute atomic E-state index is 2.35. The first-order chi connectivity index (χ1) is 6.70. The molecule has 0 saturated carbocycles. The Morgan fingerprint density at radius 1 is 1.21 bits per heavy atom. The summed E-state index contributed by atoms with van der Waals surface area (Å²) in [6.45, 7) is 8.99. The number of hydrogen-bond acceptors (Lipinski definition) is 0. The molecular weight excluding hydrogens is 168 g/mol. The quantitative estimate of drug-likeness (QED) is 0.494. The molecule has 0 spiro atoms. The molecule has 14 heavy (non-hydrogen) atoms. The SMILES string of the molecule is CCC=C(C=CCC(C)C)CCCC. The first-order valence-corrected chi connectivity index (χ1v) is 6.06. The van der Waals surface area contributed by atoms with Gasteiger partial charge in [0.15, 0.2) is 0 Å². The molecule has 0 radical (unpaired) electrons. The minimum absolute atomic E-state index is 0.778. The van der Waals surface area contributed by atoms with Crippen molar-refractivity contribution in [3.63, 3.8) is 0 Å². The van der Waals surface area contributed by atoms with Crippen LogP contribution in [0.5, 0.6) is 0 Å². The van der Waals surface area contributed by atoms with E-state index in [1.807, 2.05) is 0 Å². The highest BCUT2D eigenvalue weighted by Crippen LogP contribution is 2.11. The van der Waals surface area contributed by atoms with E-state index >= 15 is 0 Å². The molecule has 0 aliphatic rings. The third kappa shape index (κ3) is 8.10. The van der Waals surface area contributed by atoms with E-state index in [4.69, 9.17) is 0 Å². The molecule has 0 amide bonds. The number of hydrogen-bond donors (Lipinski definition) is 0. The van der Waals surface area contributed by atoms with Crippen molar-refractivity contribution < 1.29 is 0 Å². The molecule has 0 heterocycles. The molecule has 0 aliphatic heterocycles. The lowest BCUT2D eigenvalue weighted by molar-refractivity contribution is 0.663. The van der Waals surface area contributed by atoms with Crippen LogP contribution in [0.1, 0.15) is 59.8 Å². The summed E-state index contributed by atoms with van der Waals surface area (Å²) in [6.07, 6.45) is 13.2. The van der Waals surface area contributed by atoms with E-state index in [-0.39, 0.29) is 0 Å². The van der Waals surface area contributed by atoms with Gasteiger partial charge in [-0.25, -0.2) is 0 Å². The van der Waals surface area contributed by atoms with E-state index in [0.29, 0.717) is 0 Å². The van der Waals surface area contributed by atoms with Gasteiger partial charge in [-0.1, -0.05) is 57.9 Å². The Labute approximate surface area is 90.1 Å². The third-order valence-electron chi connectivity index (χ3n) is 2.22. The molecule has 0 bridgehead atoms. The molecular formula is C14H26. The van der Waals surface area contributed by atoms with Crippen molar-refractivity contribution in [3.8, 4) is 0 Å². The lowest BCUT2D eigenvalue weighted by Crippen LogP contribution is -1.84. The van der Waals surface area contributed by atoms with Gasteiger partial charge in [-0.3, -0.25) is 0 Å². The maximum atomic E-state index is 2.35. The highest BCUT2D eigenvalue weighted by Gasteiger charge is 1.92. The highest BCUT2D eigenvalue weighted by molar-refractivity contribution is 5.18. The zero-order valence-corrected chi connectivity index (χ0v) is 10.3. The first-order valence-electron chi connectivity index (χ1n) is 6.06. The summed E-state index contributed by atoms with van der Waals surface area (Å²) in [5, 5.41) is 0. The lowest BCUT2D eigenvalue weighted by Gasteiger charge is -2.01. The summed E-state index contributed by atoms with van der Waals surface area (Å²) in [5.41, 5.74) is 1.52. The summed E-state index contributed by atoms with van der Waals surface area (Å²) in [4.78, 5) is 0. The summed E-state index contributed by atoms with van der Waals surface area (Å²) in [6, 6.07) is 0. The van der Waals surface area contributed by atoms with Crippen LogP contribution in [0.3, 0.4) is 0 Å². The van der Waals surface area contributed by atoms with Crippen LogP contribution in [0.4, 0.5) is 0 Å². The van der Waals surface area contributed by atoms with Gasteiger partial charge in [-0.15, -0.1) is 0 Å². The van der Waals surface area contributed by atoms with Gasteiger partial charge in [-0.2, -0.15) is 0 Å². The second-order valence-electron chi connectivity index (χ2n) is 4.32. The zero-order valence-electron chi connectivity index (χ0n) is 10.3. The predicted molar refractivity (Wildman–Crippen MR) is 66.5 cm³/mol. The van der Waals surface area contributed by atoms with Gasteiger partial charge >= 0.3 is 0 Å². The molecule has 0 heteroatoms. The van der Waals surface area contributed by atoms with E-state index in [0.717, 1.165) is 12.3 Å². The Kier molecular flexibility index (Phi) is 8.72. The van der Waals surface area contributed by atoms with Crippen LogP contribution in [-0.4, -0.2) is 0 Å². The van der Waals surface area contributed by atoms with Gasteiger partial charge in [0.2, 0.25) is 0 Å². The fourth-order valence-corrected chi connectivity index (χ4v) is 1.39. The summed E-state index contributed by atoms with van der Waals surface area (Å²) >= 11 is 0. The molecule has 0 saturated heterocycles. The van der Waals surface area contributed by atoms with Crippen molar-refractivity contribution in [1.82, 2.24) is 0 Å². The minimum Gasteiger partial charge on any atom is -0.0840 e. The van der Waals surface area contributed by atoms with Gasteiger partial charge < -0.3 is 0 Å². The monoisotopic (exact) mass is 194 g/mol. The lowest BCUT2D eigenvalue weighted by atomic mass is 10.0. The van der Waals surface area contributed by atoms with Crippen molar-refractivity contribution in [2.24, 2.45) is 5.92 Å². The van der Waals surface area contributed by atoms with Gasteiger partial charge in [-0.05, 0) is 31.6 Å². The van der Waals surface area contributed by atoms with Crippen molar-refractivity contribution in [1.29, 1.82) is 0 Å². The molecule has 0 aromatic carbocycles. The van der Waals surface area contributed by atoms with Crippen molar-refractivity contribution in [2.75, 3.05) is 0 Å². The molecule has 0 atom stereocenters. The zero-order chi connectivity index (χ0) is 10.8. The number of rotatable bonds is 7. The number of unbranched alkanes of at least 4 members (excludes halogenated alkanes) is 1. The first kappa shape index (κ1) is 13.5. The predicted octanol–water partition coefficient (Wildman–Crippen LogP) is 5.12. The normalized spacial score (nSPS) is 13.1. The van der Waals surface area contributed by atoms with Crippen molar-refractivity contribution in [3.05, 3.63) is 23.8 Å². The molecule has 0 N–H and O–H groups in total. The van der Waals surface area contributed by atoms with E-state index in [2.05, 4.69) is 45.9 Å². The fraction of sp³-hybridized carbons (Fsp3) is 0.714. The summed E-state index contributed by atoms with van der Waals surface area (Å²) in [5.74, 6) is 0.778. The molecule has 0 fully saturated rings. The van der Waals surface area contributed by atoms with Crippen molar-refractivity contribution in [2.45, 2.75) is 59.8 Å². The van der Waals surface area contributed by atoms with E-state index in [1.165, 1.54) is 31.3 Å². The number of allylic oxidation sites excluding steroid dienone is 4. The summed E-state index contributed by atoms with van der Waals surface area (Å²) < 4.78 is 0. The average molecular weight is 194 g/mol. The third-order valence-corrected chi connectivity index (χ3v) is 2.22. The second-order valence-corrected chi connectivity index (χ2v) is 4.32. The molecule has 0 aromatic rings. The molecule has 0 rings (SSSR count). The van der Waals surface area contributed by atoms with Gasteiger partial charge in [0.25, 0.3) is 0 Å². The van der Waals surface area contributed by atoms with E-state index < -0.39 is 0 Å². The fourth-order valence-electron chi connectivity index (χ4n) is 1.39. The highest BCUT2D eigenvalue weighted by atomic mass is 14.0. The van der Waals surface area contributed by atoms with Crippen LogP contribution >= 0.6 is 0 Å². The molecule has 0 unspecified atom stereocenters. The van der Waals surface area contributed by atoms with Gasteiger partial charge in [0.1, 0.15) is 0 Å². The smallest absolute Gasteiger partial charge is 0.0282 e. The summed E-state index contributed by atoms with van der Waals surface area (Å²) in [7, 11) is 0. The minimum atomic E-state index is 0.778. The van der Waals surface area contributed by atoms with Crippen LogP contribution in [0, 0.1) is 5.92 Å². The van der Waals surface area contributed by atoms with Gasteiger partial charge in [0, 0.05) is 0 Å². The molecule has 82 valence electrons. The standard InChI is InChI=1S/C14H26/c1-5-7-11-14(9-6-2)12-8-10-13(3)4/h8-9,12-13H,5-7,10-11H2,1-4H3. The van der Waals surface area contributed by atoms with Crippen LogP contribution in [-0.2, 0) is 0 Å². The van der Waals surface area contributed by atoms with E-state index in [9.17, 15) is 0 Å². The second kappa shape index (κ2) is 9.05. The Hall–Kier alpha value is -0.520. The maximum Gasteiger partial charge on any atom is -0.0282 e. The van der Waals surface area contributed by atoms with Crippen molar-refractivity contribution >= 4 is 0 Å². The Morgan fingerprint density at radius 2 is 1.93 bits per heavy atom.